The number of benzene rings is 1. The van der Waals surface area contributed by atoms with Crippen molar-refractivity contribution in [2.45, 2.75) is 33.4 Å². The van der Waals surface area contributed by atoms with Crippen LogP contribution in [0.15, 0.2) is 34.9 Å². The molecule has 4 heteroatoms. The Morgan fingerprint density at radius 2 is 2.10 bits per heavy atom. The monoisotopic (exact) mass is 283 g/mol. The third-order valence-electron chi connectivity index (χ3n) is 4.24. The molecule has 3 rings (SSSR count). The third kappa shape index (κ3) is 2.59. The molecule has 0 saturated carbocycles. The summed E-state index contributed by atoms with van der Waals surface area (Å²) in [6.45, 7) is 7.14. The summed E-state index contributed by atoms with van der Waals surface area (Å²) in [5, 5.41) is 0. The minimum atomic E-state index is 0.219. The van der Waals surface area contributed by atoms with Crippen molar-refractivity contribution in [2.75, 3.05) is 7.05 Å². The highest BCUT2D eigenvalue weighted by molar-refractivity contribution is 5.79. The van der Waals surface area contributed by atoms with E-state index < -0.39 is 0 Å². The zero-order valence-electron chi connectivity index (χ0n) is 13.0. The number of aryl methyl sites for hydroxylation is 2. The summed E-state index contributed by atoms with van der Waals surface area (Å²) < 4.78 is 5.48. The van der Waals surface area contributed by atoms with Crippen molar-refractivity contribution >= 4 is 11.0 Å². The Morgan fingerprint density at radius 1 is 1.29 bits per heavy atom. The molecule has 3 aromatic rings. The van der Waals surface area contributed by atoms with Gasteiger partial charge in [-0.1, -0.05) is 6.07 Å². The van der Waals surface area contributed by atoms with E-state index in [1.54, 1.807) is 6.26 Å². The van der Waals surface area contributed by atoms with Crippen LogP contribution in [-0.4, -0.2) is 21.9 Å². The fourth-order valence-electron chi connectivity index (χ4n) is 2.56. The van der Waals surface area contributed by atoms with E-state index in [1.165, 1.54) is 11.1 Å². The van der Waals surface area contributed by atoms with Crippen molar-refractivity contribution in [2.24, 2.45) is 0 Å². The van der Waals surface area contributed by atoms with Crippen molar-refractivity contribution in [1.29, 1.82) is 0 Å². The molecule has 4 nitrogen and oxygen atoms in total. The number of hydrogen-bond donors (Lipinski definition) is 1. The van der Waals surface area contributed by atoms with Gasteiger partial charge in [-0.15, -0.1) is 0 Å². The first-order valence-corrected chi connectivity index (χ1v) is 7.24. The van der Waals surface area contributed by atoms with E-state index in [0.29, 0.717) is 0 Å². The number of aromatic nitrogens is 2. The molecule has 1 aromatic carbocycles. The summed E-state index contributed by atoms with van der Waals surface area (Å²) in [5.41, 5.74) is 4.70. The maximum atomic E-state index is 5.48. The average Bonchev–Trinajstić information content (AvgIpc) is 3.11. The summed E-state index contributed by atoms with van der Waals surface area (Å²) in [6.07, 6.45) is 1.72. The normalized spacial score (nSPS) is 13.2. The Hall–Kier alpha value is -2.07. The lowest BCUT2D eigenvalue weighted by Crippen LogP contribution is -2.22. The number of hydrogen-bond acceptors (Lipinski definition) is 3. The zero-order chi connectivity index (χ0) is 15.0. The van der Waals surface area contributed by atoms with Crippen LogP contribution in [0.5, 0.6) is 0 Å². The van der Waals surface area contributed by atoms with E-state index in [0.717, 1.165) is 29.2 Å². The molecule has 0 unspecified atom stereocenters. The molecule has 0 aliphatic heterocycles. The quantitative estimate of drug-likeness (QED) is 0.788. The Morgan fingerprint density at radius 3 is 2.81 bits per heavy atom. The highest BCUT2D eigenvalue weighted by atomic mass is 16.3. The van der Waals surface area contributed by atoms with Crippen molar-refractivity contribution < 1.29 is 4.42 Å². The molecule has 110 valence electrons. The predicted molar refractivity (Wildman–Crippen MR) is 84.2 cm³/mol. The van der Waals surface area contributed by atoms with E-state index in [9.17, 15) is 0 Å². The van der Waals surface area contributed by atoms with Crippen LogP contribution >= 0.6 is 0 Å². The zero-order valence-corrected chi connectivity index (χ0v) is 13.0. The Kier molecular flexibility index (Phi) is 3.55. The van der Waals surface area contributed by atoms with Crippen LogP contribution < -0.4 is 0 Å². The van der Waals surface area contributed by atoms with Crippen LogP contribution in [0.2, 0.25) is 0 Å². The molecule has 1 N–H and O–H groups in total. The van der Waals surface area contributed by atoms with Gasteiger partial charge in [0.15, 0.2) is 0 Å². The number of fused-ring (bicyclic) bond motifs is 1. The molecular formula is C17H21N3O. The Bertz CT molecular complexity index is 743. The fraction of sp³-hybridized carbons (Fsp3) is 0.353. The summed E-state index contributed by atoms with van der Waals surface area (Å²) >= 11 is 0. The molecule has 0 saturated heterocycles. The van der Waals surface area contributed by atoms with E-state index in [-0.39, 0.29) is 6.04 Å². The van der Waals surface area contributed by atoms with Gasteiger partial charge in [-0.3, -0.25) is 4.90 Å². The molecule has 2 heterocycles. The van der Waals surface area contributed by atoms with Crippen LogP contribution in [0.1, 0.15) is 35.7 Å². The number of nitrogens with zero attached hydrogens (tertiary/aromatic N) is 2. The first-order valence-electron chi connectivity index (χ1n) is 7.24. The van der Waals surface area contributed by atoms with E-state index in [1.807, 2.05) is 12.1 Å². The molecule has 0 radical (unpaired) electrons. The van der Waals surface area contributed by atoms with Crippen LogP contribution in [0, 0.1) is 13.8 Å². The van der Waals surface area contributed by atoms with Gasteiger partial charge in [-0.25, -0.2) is 4.98 Å². The summed E-state index contributed by atoms with van der Waals surface area (Å²) in [4.78, 5) is 10.4. The molecule has 0 aliphatic carbocycles. The van der Waals surface area contributed by atoms with Crippen LogP contribution in [0.25, 0.3) is 11.0 Å². The van der Waals surface area contributed by atoms with Gasteiger partial charge < -0.3 is 9.40 Å². The minimum absolute atomic E-state index is 0.219. The fourth-order valence-corrected chi connectivity index (χ4v) is 2.56. The van der Waals surface area contributed by atoms with Gasteiger partial charge in [0.05, 0.1) is 29.9 Å². The highest BCUT2D eigenvalue weighted by Crippen LogP contribution is 2.23. The lowest BCUT2D eigenvalue weighted by molar-refractivity contribution is 0.219. The number of furan rings is 1. The second-order valence-electron chi connectivity index (χ2n) is 5.69. The molecule has 0 bridgehead atoms. The smallest absolute Gasteiger partial charge is 0.121 e. The maximum absolute atomic E-state index is 5.48. The standard InChI is InChI=1S/C17H21N3O/c1-11-7-8-14-17(12(11)2)19-16(18-14)10-20(4)13(3)15-6-5-9-21-15/h5-9,13H,10H2,1-4H3,(H,18,19)/t13-/m1/s1. The van der Waals surface area contributed by atoms with E-state index in [4.69, 9.17) is 9.40 Å². The predicted octanol–water partition coefficient (Wildman–Crippen LogP) is 3.97. The number of rotatable bonds is 4. The molecule has 0 amide bonds. The van der Waals surface area contributed by atoms with Crippen LogP contribution in [0.4, 0.5) is 0 Å². The molecule has 0 fully saturated rings. The van der Waals surface area contributed by atoms with Crippen molar-refractivity contribution in [1.82, 2.24) is 14.9 Å². The SMILES string of the molecule is Cc1ccc2[nH]c(CN(C)[C@H](C)c3ccco3)nc2c1C. The average molecular weight is 283 g/mol. The Labute approximate surface area is 124 Å². The van der Waals surface area contributed by atoms with Crippen LogP contribution in [-0.2, 0) is 6.54 Å². The minimum Gasteiger partial charge on any atom is -0.468 e. The first kappa shape index (κ1) is 13.9. The largest absolute Gasteiger partial charge is 0.468 e. The van der Waals surface area contributed by atoms with Crippen molar-refractivity contribution in [3.05, 3.63) is 53.2 Å². The van der Waals surface area contributed by atoms with Gasteiger partial charge in [0.2, 0.25) is 0 Å². The highest BCUT2D eigenvalue weighted by Gasteiger charge is 2.16. The van der Waals surface area contributed by atoms with Crippen molar-refractivity contribution in [3.63, 3.8) is 0 Å². The second-order valence-corrected chi connectivity index (χ2v) is 5.69. The molecular weight excluding hydrogens is 262 g/mol. The van der Waals surface area contributed by atoms with Gasteiger partial charge in [0.25, 0.3) is 0 Å². The maximum Gasteiger partial charge on any atom is 0.121 e. The molecule has 0 spiro atoms. The van der Waals surface area contributed by atoms with Gasteiger partial charge in [0, 0.05) is 0 Å². The topological polar surface area (TPSA) is 45.1 Å². The van der Waals surface area contributed by atoms with Crippen molar-refractivity contribution in [3.8, 4) is 0 Å². The molecule has 0 aliphatic rings. The summed E-state index contributed by atoms with van der Waals surface area (Å²) in [5.74, 6) is 1.96. The van der Waals surface area contributed by atoms with Gasteiger partial charge in [0.1, 0.15) is 11.6 Å². The molecule has 2 aromatic heterocycles. The van der Waals surface area contributed by atoms with E-state index in [2.05, 4.69) is 49.8 Å². The molecule has 21 heavy (non-hydrogen) atoms. The number of nitrogens with one attached hydrogen (secondary N) is 1. The first-order chi connectivity index (χ1) is 10.1. The summed E-state index contributed by atoms with van der Waals surface area (Å²) in [6, 6.07) is 8.38. The lowest BCUT2D eigenvalue weighted by atomic mass is 10.1. The molecule has 1 atom stereocenters. The van der Waals surface area contributed by atoms with Gasteiger partial charge in [-0.05, 0) is 57.1 Å². The second kappa shape index (κ2) is 5.37. The summed E-state index contributed by atoms with van der Waals surface area (Å²) in [7, 11) is 2.08. The number of H-pyrrole nitrogens is 1. The number of imidazole rings is 1. The number of aromatic amines is 1. The Balaban J connectivity index is 1.83. The third-order valence-corrected chi connectivity index (χ3v) is 4.24. The lowest BCUT2D eigenvalue weighted by Gasteiger charge is -2.21. The van der Waals surface area contributed by atoms with Crippen LogP contribution in [0.3, 0.4) is 0 Å². The van der Waals surface area contributed by atoms with Gasteiger partial charge >= 0.3 is 0 Å². The van der Waals surface area contributed by atoms with Gasteiger partial charge in [-0.2, -0.15) is 0 Å². The van der Waals surface area contributed by atoms with E-state index >= 15 is 0 Å².